The molecule has 0 aliphatic rings. The molecule has 28 heavy (non-hydrogen) atoms. The van der Waals surface area contributed by atoms with Gasteiger partial charge in [-0.1, -0.05) is 19.9 Å². The maximum Gasteiger partial charge on any atom is 0.251 e. The fourth-order valence-corrected chi connectivity index (χ4v) is 2.97. The molecule has 0 bridgehead atoms. The Hall–Kier alpha value is -2.99. The van der Waals surface area contributed by atoms with E-state index in [1.165, 1.54) is 0 Å². The largest absolute Gasteiger partial charge is 0.394 e. The maximum absolute atomic E-state index is 12.7. The number of aryl methyl sites for hydroxylation is 1. The molecule has 0 aliphatic heterocycles. The third-order valence-electron chi connectivity index (χ3n) is 4.55. The first kappa shape index (κ1) is 19.8. The topological polar surface area (TPSA) is 80.0 Å². The lowest BCUT2D eigenvalue weighted by Gasteiger charge is -2.15. The summed E-state index contributed by atoms with van der Waals surface area (Å²) in [5.41, 5.74) is 5.06. The van der Waals surface area contributed by atoms with Gasteiger partial charge in [0.05, 0.1) is 18.0 Å². The van der Waals surface area contributed by atoms with Gasteiger partial charge in [0.15, 0.2) is 0 Å². The zero-order valence-corrected chi connectivity index (χ0v) is 16.7. The summed E-state index contributed by atoms with van der Waals surface area (Å²) in [6.45, 7) is 7.84. The number of aliphatic hydroxyl groups excluding tert-OH is 1. The number of hydrogen-bond donors (Lipinski definition) is 2. The lowest BCUT2D eigenvalue weighted by molar-refractivity contribution is 0.0922. The SMILES string of the molecule is Cc1ccc(-c2cc(C(=O)N[C@@H](C)CO)cc(-n3nccc3C(C)C)c2)nc1. The fourth-order valence-electron chi connectivity index (χ4n) is 2.97. The van der Waals surface area contributed by atoms with Crippen LogP contribution in [0.3, 0.4) is 0 Å². The molecule has 3 aromatic rings. The van der Waals surface area contributed by atoms with E-state index < -0.39 is 0 Å². The maximum atomic E-state index is 12.7. The number of hydrogen-bond acceptors (Lipinski definition) is 4. The highest BCUT2D eigenvalue weighted by Gasteiger charge is 2.16. The monoisotopic (exact) mass is 378 g/mol. The van der Waals surface area contributed by atoms with E-state index in [-0.39, 0.29) is 24.5 Å². The number of carbonyl (C=O) groups excluding carboxylic acids is 1. The Morgan fingerprint density at radius 2 is 1.96 bits per heavy atom. The van der Waals surface area contributed by atoms with Crippen LogP contribution in [-0.2, 0) is 0 Å². The van der Waals surface area contributed by atoms with Crippen molar-refractivity contribution in [3.8, 4) is 16.9 Å². The second-order valence-corrected chi connectivity index (χ2v) is 7.37. The zero-order chi connectivity index (χ0) is 20.3. The second kappa shape index (κ2) is 8.35. The van der Waals surface area contributed by atoms with Crippen molar-refractivity contribution in [3.63, 3.8) is 0 Å². The Labute approximate surface area is 165 Å². The van der Waals surface area contributed by atoms with Gasteiger partial charge >= 0.3 is 0 Å². The molecule has 2 heterocycles. The van der Waals surface area contributed by atoms with Crippen LogP contribution in [0.2, 0.25) is 0 Å². The zero-order valence-electron chi connectivity index (χ0n) is 16.7. The summed E-state index contributed by atoms with van der Waals surface area (Å²) in [4.78, 5) is 17.2. The lowest BCUT2D eigenvalue weighted by atomic mass is 10.0. The lowest BCUT2D eigenvalue weighted by Crippen LogP contribution is -2.35. The van der Waals surface area contributed by atoms with Crippen molar-refractivity contribution < 1.29 is 9.90 Å². The van der Waals surface area contributed by atoms with E-state index in [0.29, 0.717) is 5.56 Å². The molecule has 0 saturated carbocycles. The summed E-state index contributed by atoms with van der Waals surface area (Å²) in [6.07, 6.45) is 3.57. The van der Waals surface area contributed by atoms with Crippen molar-refractivity contribution in [2.45, 2.75) is 39.7 Å². The first-order chi connectivity index (χ1) is 13.4. The molecule has 3 rings (SSSR count). The Kier molecular flexibility index (Phi) is 5.90. The van der Waals surface area contributed by atoms with Crippen molar-refractivity contribution >= 4 is 5.91 Å². The summed E-state index contributed by atoms with van der Waals surface area (Å²) in [7, 11) is 0. The minimum Gasteiger partial charge on any atom is -0.394 e. The number of rotatable bonds is 6. The summed E-state index contributed by atoms with van der Waals surface area (Å²) < 4.78 is 1.86. The average molecular weight is 378 g/mol. The number of aromatic nitrogens is 3. The molecule has 0 radical (unpaired) electrons. The van der Waals surface area contributed by atoms with Crippen LogP contribution in [0.5, 0.6) is 0 Å². The van der Waals surface area contributed by atoms with Gasteiger partial charge in [-0.3, -0.25) is 9.78 Å². The Morgan fingerprint density at radius 3 is 2.61 bits per heavy atom. The molecule has 1 atom stereocenters. The first-order valence-corrected chi connectivity index (χ1v) is 9.43. The van der Waals surface area contributed by atoms with Gasteiger partial charge in [-0.05, 0) is 55.7 Å². The van der Waals surface area contributed by atoms with E-state index in [1.807, 2.05) is 54.2 Å². The summed E-state index contributed by atoms with van der Waals surface area (Å²) in [5.74, 6) is 0.0466. The van der Waals surface area contributed by atoms with Crippen LogP contribution in [0.25, 0.3) is 16.9 Å². The minimum absolute atomic E-state index is 0.117. The Balaban J connectivity index is 2.12. The van der Waals surface area contributed by atoms with E-state index in [9.17, 15) is 9.90 Å². The molecular formula is C22H26N4O2. The minimum atomic E-state index is -0.326. The summed E-state index contributed by atoms with van der Waals surface area (Å²) in [6, 6.07) is 11.2. The molecule has 1 aromatic carbocycles. The number of benzene rings is 1. The molecule has 1 amide bonds. The highest BCUT2D eigenvalue weighted by molar-refractivity contribution is 5.96. The van der Waals surface area contributed by atoms with Gasteiger partial charge in [-0.15, -0.1) is 0 Å². The van der Waals surface area contributed by atoms with Crippen LogP contribution < -0.4 is 5.32 Å². The predicted molar refractivity (Wildman–Crippen MR) is 110 cm³/mol. The van der Waals surface area contributed by atoms with Crippen molar-refractivity contribution in [2.75, 3.05) is 6.61 Å². The van der Waals surface area contributed by atoms with E-state index in [4.69, 9.17) is 0 Å². The standard InChI is InChI=1S/C22H26N4O2/c1-14(2)21-7-8-24-26(21)19-10-17(20-6-5-15(3)12-23-20)9-18(11-19)22(28)25-16(4)13-27/h5-12,14,16,27H,13H2,1-4H3,(H,25,28)/t16-/m0/s1. The molecule has 6 nitrogen and oxygen atoms in total. The van der Waals surface area contributed by atoms with Gasteiger partial charge in [-0.2, -0.15) is 5.10 Å². The van der Waals surface area contributed by atoms with E-state index in [0.717, 1.165) is 28.2 Å². The third-order valence-corrected chi connectivity index (χ3v) is 4.55. The first-order valence-electron chi connectivity index (χ1n) is 9.43. The van der Waals surface area contributed by atoms with Crippen molar-refractivity contribution in [1.82, 2.24) is 20.1 Å². The van der Waals surface area contributed by atoms with Crippen LogP contribution in [0.1, 0.15) is 48.3 Å². The number of carbonyl (C=O) groups is 1. The van der Waals surface area contributed by atoms with Crippen LogP contribution in [-0.4, -0.2) is 38.4 Å². The van der Waals surface area contributed by atoms with Crippen LogP contribution in [0, 0.1) is 6.92 Å². The second-order valence-electron chi connectivity index (χ2n) is 7.37. The van der Waals surface area contributed by atoms with Crippen molar-refractivity contribution in [2.24, 2.45) is 0 Å². The molecule has 0 saturated heterocycles. The number of nitrogens with zero attached hydrogens (tertiary/aromatic N) is 3. The fraction of sp³-hybridized carbons (Fsp3) is 0.318. The predicted octanol–water partition coefficient (Wildman–Crippen LogP) is 3.48. The number of pyridine rings is 1. The molecule has 146 valence electrons. The highest BCUT2D eigenvalue weighted by atomic mass is 16.3. The molecule has 6 heteroatoms. The van der Waals surface area contributed by atoms with Crippen LogP contribution in [0.4, 0.5) is 0 Å². The number of amides is 1. The number of aliphatic hydroxyl groups is 1. The molecule has 0 unspecified atom stereocenters. The summed E-state index contributed by atoms with van der Waals surface area (Å²) >= 11 is 0. The Morgan fingerprint density at radius 1 is 1.18 bits per heavy atom. The molecule has 2 aromatic heterocycles. The van der Waals surface area contributed by atoms with E-state index in [2.05, 4.69) is 29.2 Å². The normalized spacial score (nSPS) is 12.2. The smallest absolute Gasteiger partial charge is 0.251 e. The van der Waals surface area contributed by atoms with Gasteiger partial charge in [0.25, 0.3) is 5.91 Å². The van der Waals surface area contributed by atoms with Gasteiger partial charge in [0.2, 0.25) is 0 Å². The molecular weight excluding hydrogens is 352 g/mol. The van der Waals surface area contributed by atoms with Gasteiger partial charge in [-0.25, -0.2) is 4.68 Å². The highest BCUT2D eigenvalue weighted by Crippen LogP contribution is 2.25. The van der Waals surface area contributed by atoms with E-state index >= 15 is 0 Å². The molecule has 0 fully saturated rings. The average Bonchev–Trinajstić information content (AvgIpc) is 3.18. The molecule has 2 N–H and O–H groups in total. The van der Waals surface area contributed by atoms with E-state index in [1.54, 1.807) is 13.1 Å². The van der Waals surface area contributed by atoms with Gasteiger partial charge in [0.1, 0.15) is 0 Å². The third kappa shape index (κ3) is 4.28. The van der Waals surface area contributed by atoms with Crippen LogP contribution >= 0.6 is 0 Å². The van der Waals surface area contributed by atoms with Crippen molar-refractivity contribution in [1.29, 1.82) is 0 Å². The summed E-state index contributed by atoms with van der Waals surface area (Å²) in [5, 5.41) is 16.5. The van der Waals surface area contributed by atoms with Crippen molar-refractivity contribution in [3.05, 3.63) is 65.6 Å². The van der Waals surface area contributed by atoms with Gasteiger partial charge < -0.3 is 10.4 Å². The van der Waals surface area contributed by atoms with Gasteiger partial charge in [0, 0.05) is 35.3 Å². The molecule has 0 aliphatic carbocycles. The quantitative estimate of drug-likeness (QED) is 0.688. The number of nitrogens with one attached hydrogen (secondary N) is 1. The molecule has 0 spiro atoms. The van der Waals surface area contributed by atoms with Crippen LogP contribution in [0.15, 0.2) is 48.8 Å². The Bertz CT molecular complexity index is 961.